The molecule has 0 aromatic heterocycles. The number of aliphatic hydroxyl groups excluding tert-OH is 1. The molecule has 3 saturated heterocycles. The third-order valence-corrected chi connectivity index (χ3v) is 8.03. The van der Waals surface area contributed by atoms with E-state index in [9.17, 15) is 24.6 Å². The topological polar surface area (TPSA) is 145 Å². The van der Waals surface area contributed by atoms with Crippen LogP contribution in [0.2, 0.25) is 0 Å². The van der Waals surface area contributed by atoms with Crippen LogP contribution in [0.4, 0.5) is 0 Å². The van der Waals surface area contributed by atoms with Crippen LogP contribution in [0.15, 0.2) is 10.6 Å². The van der Waals surface area contributed by atoms with Gasteiger partial charge in [0.15, 0.2) is 0 Å². The highest BCUT2D eigenvalue weighted by molar-refractivity contribution is 8.03. The number of β-lactam (4-membered cyclic amide) rings is 1. The molecule has 0 aromatic rings. The average Bonchev–Trinajstić information content (AvgIpc) is 3.27. The van der Waals surface area contributed by atoms with Crippen LogP contribution < -0.4 is 16.4 Å². The Balaban J connectivity index is 1.49. The standard InChI is InChI=1S/C18H26N4O5S/c1-6-13-11(7(2)23)17(25)22(13)14(18(26)27)15(6)28-8-3-10(20-4-8)9-5-21-16(24)12(9)19/h6-13,20,23H,3-5,19H2,1-2H3,(H,21,24)(H,26,27)/t6-,7-,8+,9?,10+,11-,12?,13-/m1/s1. The number of thioether (sulfide) groups is 1. The van der Waals surface area contributed by atoms with E-state index in [1.807, 2.05) is 6.92 Å². The molecule has 154 valence electrons. The number of fused-ring (bicyclic) bond motifs is 1. The van der Waals surface area contributed by atoms with Crippen molar-refractivity contribution in [1.29, 1.82) is 0 Å². The Morgan fingerprint density at radius 3 is 2.64 bits per heavy atom. The zero-order valence-electron chi connectivity index (χ0n) is 15.8. The summed E-state index contributed by atoms with van der Waals surface area (Å²) >= 11 is 1.50. The summed E-state index contributed by atoms with van der Waals surface area (Å²) in [6, 6.07) is -0.718. The first-order valence-corrected chi connectivity index (χ1v) is 10.5. The lowest BCUT2D eigenvalue weighted by Gasteiger charge is -2.46. The number of nitrogens with two attached hydrogens (primary N) is 1. The van der Waals surface area contributed by atoms with Gasteiger partial charge in [-0.15, -0.1) is 11.8 Å². The Morgan fingerprint density at radius 1 is 1.36 bits per heavy atom. The second-order valence-electron chi connectivity index (χ2n) is 8.20. The first kappa shape index (κ1) is 19.7. The molecule has 0 bridgehead atoms. The first-order chi connectivity index (χ1) is 13.2. The monoisotopic (exact) mass is 410 g/mol. The highest BCUT2D eigenvalue weighted by Gasteiger charge is 2.60. The minimum Gasteiger partial charge on any atom is -0.477 e. The fourth-order valence-electron chi connectivity index (χ4n) is 5.06. The molecule has 10 heteroatoms. The maximum atomic E-state index is 12.4. The van der Waals surface area contributed by atoms with Gasteiger partial charge in [-0.05, 0) is 13.3 Å². The van der Waals surface area contributed by atoms with Crippen LogP contribution in [0.5, 0.6) is 0 Å². The number of aliphatic hydroxyl groups is 1. The van der Waals surface area contributed by atoms with Crippen molar-refractivity contribution in [1.82, 2.24) is 15.5 Å². The van der Waals surface area contributed by atoms with Crippen molar-refractivity contribution in [2.75, 3.05) is 13.1 Å². The summed E-state index contributed by atoms with van der Waals surface area (Å²) in [6.45, 7) is 4.74. The van der Waals surface area contributed by atoms with Crippen LogP contribution in [0, 0.1) is 17.8 Å². The summed E-state index contributed by atoms with van der Waals surface area (Å²) in [4.78, 5) is 38.0. The van der Waals surface area contributed by atoms with E-state index in [0.717, 1.165) is 6.42 Å². The van der Waals surface area contributed by atoms with Gasteiger partial charge in [-0.1, -0.05) is 6.92 Å². The maximum absolute atomic E-state index is 12.4. The van der Waals surface area contributed by atoms with E-state index in [0.29, 0.717) is 18.0 Å². The third kappa shape index (κ3) is 2.85. The first-order valence-electron chi connectivity index (χ1n) is 9.64. The minimum absolute atomic E-state index is 0.0214. The lowest BCUT2D eigenvalue weighted by Crippen LogP contribution is -2.63. The molecule has 0 aromatic carbocycles. The van der Waals surface area contributed by atoms with Crippen LogP contribution in [0.1, 0.15) is 20.3 Å². The molecule has 0 saturated carbocycles. The smallest absolute Gasteiger partial charge is 0.353 e. The van der Waals surface area contributed by atoms with E-state index in [-0.39, 0.29) is 46.7 Å². The van der Waals surface area contributed by atoms with Gasteiger partial charge < -0.3 is 31.5 Å². The number of nitrogens with one attached hydrogen (secondary N) is 2. The lowest BCUT2D eigenvalue weighted by atomic mass is 9.79. The van der Waals surface area contributed by atoms with Crippen molar-refractivity contribution in [3.8, 4) is 0 Å². The van der Waals surface area contributed by atoms with Crippen LogP contribution >= 0.6 is 11.8 Å². The Labute approximate surface area is 167 Å². The fraction of sp³-hybridized carbons (Fsp3) is 0.722. The number of amides is 2. The fourth-order valence-corrected chi connectivity index (χ4v) is 6.55. The molecule has 2 unspecified atom stereocenters. The number of rotatable bonds is 5. The summed E-state index contributed by atoms with van der Waals surface area (Å²) in [5, 5.41) is 26.0. The molecule has 6 N–H and O–H groups in total. The molecule has 4 rings (SSSR count). The summed E-state index contributed by atoms with van der Waals surface area (Å²) in [5.41, 5.74) is 6.04. The van der Waals surface area contributed by atoms with Gasteiger partial charge in [-0.2, -0.15) is 0 Å². The van der Waals surface area contributed by atoms with Crippen LogP contribution in [-0.2, 0) is 14.4 Å². The predicted molar refractivity (Wildman–Crippen MR) is 102 cm³/mol. The van der Waals surface area contributed by atoms with Gasteiger partial charge >= 0.3 is 5.97 Å². The van der Waals surface area contributed by atoms with Gasteiger partial charge in [0.25, 0.3) is 0 Å². The second kappa shape index (κ2) is 7.01. The summed E-state index contributed by atoms with van der Waals surface area (Å²) < 4.78 is 0. The van der Waals surface area contributed by atoms with Crippen molar-refractivity contribution in [2.24, 2.45) is 23.5 Å². The summed E-state index contributed by atoms with van der Waals surface area (Å²) in [6.07, 6.45) is -0.0264. The molecule has 4 aliphatic heterocycles. The SMILES string of the molecule is C[C@@H](O)[C@H]1C(=O)N2C(C(=O)O)=C(S[C@@H]3CN[C@H](C4CNC(=O)C4N)C3)[C@H](C)[C@H]12. The van der Waals surface area contributed by atoms with E-state index < -0.39 is 24.0 Å². The van der Waals surface area contributed by atoms with Crippen LogP contribution in [-0.4, -0.2) is 75.5 Å². The van der Waals surface area contributed by atoms with Gasteiger partial charge in [-0.3, -0.25) is 9.59 Å². The lowest BCUT2D eigenvalue weighted by molar-refractivity contribution is -0.163. The Morgan fingerprint density at radius 2 is 2.07 bits per heavy atom. The average molecular weight is 410 g/mol. The van der Waals surface area contributed by atoms with Gasteiger partial charge in [0.1, 0.15) is 5.70 Å². The molecule has 3 fully saturated rings. The molecule has 28 heavy (non-hydrogen) atoms. The number of carboxylic acids is 1. The number of hydrogen-bond donors (Lipinski definition) is 5. The quantitative estimate of drug-likeness (QED) is 0.351. The molecular formula is C18H26N4O5S. The molecule has 0 radical (unpaired) electrons. The third-order valence-electron chi connectivity index (χ3n) is 6.52. The van der Waals surface area contributed by atoms with E-state index in [2.05, 4.69) is 10.6 Å². The highest BCUT2D eigenvalue weighted by Crippen LogP contribution is 2.52. The molecule has 0 spiro atoms. The molecule has 2 amide bonds. The highest BCUT2D eigenvalue weighted by atomic mass is 32.2. The van der Waals surface area contributed by atoms with E-state index >= 15 is 0 Å². The number of carbonyl (C=O) groups excluding carboxylic acids is 2. The summed E-state index contributed by atoms with van der Waals surface area (Å²) in [5.74, 6) is -2.22. The molecular weight excluding hydrogens is 384 g/mol. The van der Waals surface area contributed by atoms with Crippen LogP contribution in [0.3, 0.4) is 0 Å². The molecule has 0 aliphatic carbocycles. The number of aliphatic carboxylic acids is 1. The van der Waals surface area contributed by atoms with Gasteiger partial charge in [-0.25, -0.2) is 4.79 Å². The Kier molecular flexibility index (Phi) is 4.93. The Bertz CT molecular complexity index is 756. The van der Waals surface area contributed by atoms with Gasteiger partial charge in [0.05, 0.1) is 24.1 Å². The van der Waals surface area contributed by atoms with Gasteiger partial charge in [0.2, 0.25) is 11.8 Å². The van der Waals surface area contributed by atoms with Gasteiger partial charge in [0, 0.05) is 41.1 Å². The zero-order chi connectivity index (χ0) is 20.3. The number of carboxylic acid groups (broad SMARTS) is 1. The Hall–Kier alpha value is -1.62. The normalized spacial score (nSPS) is 41.1. The number of carbonyl (C=O) groups is 3. The molecule has 4 heterocycles. The summed E-state index contributed by atoms with van der Waals surface area (Å²) in [7, 11) is 0. The molecule has 4 aliphatic rings. The molecule has 8 atom stereocenters. The number of nitrogens with zero attached hydrogens (tertiary/aromatic N) is 1. The maximum Gasteiger partial charge on any atom is 0.353 e. The number of hydrogen-bond acceptors (Lipinski definition) is 7. The second-order valence-corrected chi connectivity index (χ2v) is 9.54. The van der Waals surface area contributed by atoms with E-state index in [1.54, 1.807) is 6.92 Å². The minimum atomic E-state index is -1.11. The van der Waals surface area contributed by atoms with Crippen molar-refractivity contribution < 1.29 is 24.6 Å². The van der Waals surface area contributed by atoms with Crippen molar-refractivity contribution >= 4 is 29.5 Å². The zero-order valence-corrected chi connectivity index (χ0v) is 16.6. The van der Waals surface area contributed by atoms with E-state index in [1.165, 1.54) is 16.7 Å². The largest absolute Gasteiger partial charge is 0.477 e. The van der Waals surface area contributed by atoms with Crippen LogP contribution in [0.25, 0.3) is 0 Å². The predicted octanol–water partition coefficient (Wildman–Crippen LogP) is -1.32. The molecule has 9 nitrogen and oxygen atoms in total. The van der Waals surface area contributed by atoms with E-state index in [4.69, 9.17) is 5.73 Å². The van der Waals surface area contributed by atoms with Crippen molar-refractivity contribution in [3.63, 3.8) is 0 Å². The van der Waals surface area contributed by atoms with Crippen molar-refractivity contribution in [3.05, 3.63) is 10.6 Å². The van der Waals surface area contributed by atoms with Crippen molar-refractivity contribution in [2.45, 2.75) is 49.7 Å².